The summed E-state index contributed by atoms with van der Waals surface area (Å²) in [5.41, 5.74) is 1.47. The Balaban J connectivity index is 2.92. The third-order valence-electron chi connectivity index (χ3n) is 1.65. The summed E-state index contributed by atoms with van der Waals surface area (Å²) < 4.78 is 0. The van der Waals surface area contributed by atoms with Gasteiger partial charge in [0.05, 0.1) is 0 Å². The molecule has 0 aliphatic heterocycles. The zero-order valence-electron chi connectivity index (χ0n) is 6.77. The Morgan fingerprint density at radius 2 is 2.00 bits per heavy atom. The highest BCUT2D eigenvalue weighted by Gasteiger charge is 2.01. The van der Waals surface area contributed by atoms with Crippen LogP contribution in [-0.4, -0.2) is 10.1 Å². The van der Waals surface area contributed by atoms with E-state index >= 15 is 0 Å². The summed E-state index contributed by atoms with van der Waals surface area (Å²) in [5, 5.41) is 21.4. The van der Waals surface area contributed by atoms with Gasteiger partial charge < -0.3 is 10.4 Å². The fraction of sp³-hybridized carbons (Fsp3) is 0.250. The Kier molecular flexibility index (Phi) is 2.63. The fourth-order valence-electron chi connectivity index (χ4n) is 0.911. The van der Waals surface area contributed by atoms with Crippen LogP contribution in [0.5, 0.6) is 0 Å². The average molecular weight is 166 g/mol. The second-order valence-electron chi connectivity index (χ2n) is 2.38. The first-order valence-corrected chi connectivity index (χ1v) is 3.69. The Morgan fingerprint density at radius 3 is 2.42 bits per heavy atom. The quantitative estimate of drug-likeness (QED) is 0.416. The lowest BCUT2D eigenvalue weighted by Crippen LogP contribution is -1.90. The van der Waals surface area contributed by atoms with Crippen LogP contribution in [0, 0.1) is 5.21 Å². The van der Waals surface area contributed by atoms with Gasteiger partial charge in [-0.2, -0.15) is 0 Å². The molecule has 0 aliphatic rings. The monoisotopic (exact) mass is 166 g/mol. The number of aryl methyl sites for hydroxylation is 1. The third kappa shape index (κ3) is 1.72. The van der Waals surface area contributed by atoms with Crippen molar-refractivity contribution in [3.8, 4) is 0 Å². The van der Waals surface area contributed by atoms with Crippen LogP contribution in [0.25, 0.3) is 0 Å². The van der Waals surface area contributed by atoms with Gasteiger partial charge in [0.15, 0.2) is 0 Å². The maximum atomic E-state index is 10.7. The molecule has 4 nitrogen and oxygen atoms in total. The highest BCUT2D eigenvalue weighted by atomic mass is 16.6. The molecule has 0 saturated carbocycles. The lowest BCUT2D eigenvalue weighted by Gasteiger charge is -1.97. The molecule has 0 amide bonds. The van der Waals surface area contributed by atoms with Crippen LogP contribution in [0.2, 0.25) is 0 Å². The average Bonchev–Trinajstić information content (AvgIpc) is 2.17. The molecule has 0 bridgehead atoms. The fourth-order valence-corrected chi connectivity index (χ4v) is 0.911. The first-order valence-electron chi connectivity index (χ1n) is 3.69. The van der Waals surface area contributed by atoms with E-state index in [1.807, 2.05) is 19.1 Å². The van der Waals surface area contributed by atoms with Gasteiger partial charge >= 0.3 is 0 Å². The first-order chi connectivity index (χ1) is 5.77. The molecular formula is C8H10N2O2. The lowest BCUT2D eigenvalue weighted by molar-refractivity contribution is -0.473. The van der Waals surface area contributed by atoms with Crippen molar-refractivity contribution in [3.05, 3.63) is 35.0 Å². The van der Waals surface area contributed by atoms with Crippen molar-refractivity contribution in [2.75, 3.05) is 0 Å². The predicted octanol–water partition coefficient (Wildman–Crippen LogP) is 2.23. The molecule has 1 aromatic rings. The standard InChI is InChI=1S/C8H10N2O2/c1-2-7-3-5-8(6-4-7)10(12)9-11/h3-6,11H,2H2,1H3. The molecule has 0 heterocycles. The normalized spacial score (nSPS) is 11.6. The van der Waals surface area contributed by atoms with E-state index in [4.69, 9.17) is 5.21 Å². The van der Waals surface area contributed by atoms with Crippen molar-refractivity contribution >= 4 is 5.69 Å². The van der Waals surface area contributed by atoms with Gasteiger partial charge in [0, 0.05) is 12.1 Å². The van der Waals surface area contributed by atoms with Crippen molar-refractivity contribution in [1.29, 1.82) is 0 Å². The molecule has 0 spiro atoms. The van der Waals surface area contributed by atoms with E-state index in [0.717, 1.165) is 12.0 Å². The largest absolute Gasteiger partial charge is 0.592 e. The Morgan fingerprint density at radius 1 is 1.42 bits per heavy atom. The second kappa shape index (κ2) is 3.71. The van der Waals surface area contributed by atoms with Crippen LogP contribution in [0.1, 0.15) is 12.5 Å². The topological polar surface area (TPSA) is 58.7 Å². The molecule has 1 N–H and O–H groups in total. The number of benzene rings is 1. The minimum absolute atomic E-state index is 0.166. The van der Waals surface area contributed by atoms with E-state index in [1.165, 1.54) is 0 Å². The highest BCUT2D eigenvalue weighted by molar-refractivity contribution is 5.32. The molecule has 0 unspecified atom stereocenters. The minimum atomic E-state index is 0.166. The van der Waals surface area contributed by atoms with Gasteiger partial charge in [-0.1, -0.05) is 19.1 Å². The van der Waals surface area contributed by atoms with Crippen molar-refractivity contribution in [3.63, 3.8) is 0 Å². The van der Waals surface area contributed by atoms with Crippen LogP contribution in [0.4, 0.5) is 5.69 Å². The number of nitrogens with zero attached hydrogens (tertiary/aromatic N) is 2. The summed E-state index contributed by atoms with van der Waals surface area (Å²) in [4.78, 5) is 0.166. The lowest BCUT2D eigenvalue weighted by atomic mass is 10.2. The maximum Gasteiger partial charge on any atom is 0.248 e. The maximum absolute atomic E-state index is 10.7. The van der Waals surface area contributed by atoms with Gasteiger partial charge in [-0.05, 0) is 16.8 Å². The molecule has 0 fully saturated rings. The van der Waals surface area contributed by atoms with Crippen LogP contribution >= 0.6 is 0 Å². The van der Waals surface area contributed by atoms with Gasteiger partial charge in [-0.3, -0.25) is 0 Å². The highest BCUT2D eigenvalue weighted by Crippen LogP contribution is 2.12. The van der Waals surface area contributed by atoms with Gasteiger partial charge in [0.25, 0.3) is 0 Å². The summed E-state index contributed by atoms with van der Waals surface area (Å²) in [6, 6.07) is 6.88. The zero-order chi connectivity index (χ0) is 8.97. The molecule has 0 aromatic heterocycles. The minimum Gasteiger partial charge on any atom is -0.592 e. The van der Waals surface area contributed by atoms with Gasteiger partial charge in [-0.25, -0.2) is 0 Å². The van der Waals surface area contributed by atoms with E-state index < -0.39 is 0 Å². The van der Waals surface area contributed by atoms with E-state index in [-0.39, 0.29) is 4.86 Å². The van der Waals surface area contributed by atoms with Crippen molar-refractivity contribution in [1.82, 2.24) is 0 Å². The smallest absolute Gasteiger partial charge is 0.248 e. The molecule has 64 valence electrons. The van der Waals surface area contributed by atoms with Crippen LogP contribution < -0.4 is 0 Å². The van der Waals surface area contributed by atoms with Gasteiger partial charge in [-0.15, -0.1) is 0 Å². The Hall–Kier alpha value is -1.58. The molecule has 0 radical (unpaired) electrons. The van der Waals surface area contributed by atoms with Crippen molar-refractivity contribution in [2.45, 2.75) is 13.3 Å². The summed E-state index contributed by atoms with van der Waals surface area (Å²) >= 11 is 0. The van der Waals surface area contributed by atoms with Gasteiger partial charge in [0.2, 0.25) is 11.0 Å². The molecule has 1 rings (SSSR count). The predicted molar refractivity (Wildman–Crippen MR) is 43.3 cm³/mol. The Bertz CT molecular complexity index is 280. The summed E-state index contributed by atoms with van der Waals surface area (Å²) in [6.07, 6.45) is 0.926. The molecule has 1 aromatic carbocycles. The zero-order valence-corrected chi connectivity index (χ0v) is 6.77. The molecule has 0 saturated heterocycles. The van der Waals surface area contributed by atoms with E-state index in [0.29, 0.717) is 5.69 Å². The van der Waals surface area contributed by atoms with Crippen molar-refractivity contribution in [2.24, 2.45) is 5.28 Å². The molecule has 0 atom stereocenters. The first kappa shape index (κ1) is 8.52. The van der Waals surface area contributed by atoms with Gasteiger partial charge in [0.1, 0.15) is 0 Å². The van der Waals surface area contributed by atoms with E-state index in [9.17, 15) is 5.21 Å². The summed E-state index contributed by atoms with van der Waals surface area (Å²) in [6.45, 7) is 2.03. The summed E-state index contributed by atoms with van der Waals surface area (Å²) in [5.74, 6) is 0. The van der Waals surface area contributed by atoms with Crippen LogP contribution in [0.3, 0.4) is 0 Å². The second-order valence-corrected chi connectivity index (χ2v) is 2.38. The molecular weight excluding hydrogens is 156 g/mol. The van der Waals surface area contributed by atoms with E-state index in [2.05, 4.69) is 5.28 Å². The molecule has 0 aliphatic carbocycles. The van der Waals surface area contributed by atoms with E-state index in [1.54, 1.807) is 12.1 Å². The number of rotatable bonds is 2. The molecule has 4 heteroatoms. The Labute approximate surface area is 70.3 Å². The number of hydrogen-bond donors (Lipinski definition) is 1. The third-order valence-corrected chi connectivity index (χ3v) is 1.65. The number of hydrogen-bond acceptors (Lipinski definition) is 2. The molecule has 12 heavy (non-hydrogen) atoms. The van der Waals surface area contributed by atoms with Crippen LogP contribution in [-0.2, 0) is 6.42 Å². The summed E-state index contributed by atoms with van der Waals surface area (Å²) in [7, 11) is 0. The van der Waals surface area contributed by atoms with Crippen molar-refractivity contribution < 1.29 is 10.1 Å². The van der Waals surface area contributed by atoms with Crippen LogP contribution in [0.15, 0.2) is 29.5 Å². The SMILES string of the molecule is CCc1ccc([N+]([O-])=NO)cc1.